The molecule has 3 heterocycles. The van der Waals surface area contributed by atoms with E-state index in [1.165, 1.54) is 0 Å². The number of hydrogen-bond donors (Lipinski definition) is 2. The molecule has 0 aliphatic carbocycles. The molecule has 2 N–H and O–H groups in total. The molecule has 0 spiro atoms. The van der Waals surface area contributed by atoms with E-state index in [0.717, 1.165) is 42.9 Å². The lowest BCUT2D eigenvalue weighted by molar-refractivity contribution is 0.0963. The summed E-state index contributed by atoms with van der Waals surface area (Å²) in [5.74, 6) is 1.36. The minimum Gasteiger partial charge on any atom is -0.496 e. The van der Waals surface area contributed by atoms with E-state index in [1.807, 2.05) is 4.57 Å². The smallest absolute Gasteiger partial charge is 0.251 e. The van der Waals surface area contributed by atoms with Crippen LogP contribution < -0.4 is 20.9 Å². The van der Waals surface area contributed by atoms with Crippen LogP contribution in [-0.4, -0.2) is 37.7 Å². The zero-order valence-corrected chi connectivity index (χ0v) is 15.0. The van der Waals surface area contributed by atoms with Gasteiger partial charge in [-0.2, -0.15) is 0 Å². The molecule has 6 heteroatoms. The van der Waals surface area contributed by atoms with Crippen molar-refractivity contribution in [1.82, 2.24) is 15.2 Å². The molecule has 1 aromatic carbocycles. The molecule has 0 saturated carbocycles. The van der Waals surface area contributed by atoms with Crippen LogP contribution in [0.15, 0.2) is 35.1 Å². The summed E-state index contributed by atoms with van der Waals surface area (Å²) >= 11 is 0. The van der Waals surface area contributed by atoms with Gasteiger partial charge in [0, 0.05) is 48.9 Å². The van der Waals surface area contributed by atoms with Gasteiger partial charge in [-0.1, -0.05) is 0 Å². The van der Waals surface area contributed by atoms with Gasteiger partial charge in [-0.15, -0.1) is 0 Å². The quantitative estimate of drug-likeness (QED) is 0.879. The Balaban J connectivity index is 1.85. The lowest BCUT2D eigenvalue weighted by Gasteiger charge is -2.37. The van der Waals surface area contributed by atoms with E-state index >= 15 is 0 Å². The number of aromatic nitrogens is 1. The van der Waals surface area contributed by atoms with Crippen molar-refractivity contribution in [2.75, 3.05) is 27.2 Å². The number of hydrogen-bond acceptors (Lipinski definition) is 4. The van der Waals surface area contributed by atoms with Crippen LogP contribution in [0.1, 0.15) is 28.4 Å². The summed E-state index contributed by atoms with van der Waals surface area (Å²) in [7, 11) is 3.20. The highest BCUT2D eigenvalue weighted by Crippen LogP contribution is 2.36. The molecular weight excluding hydrogens is 330 g/mol. The predicted octanol–water partition coefficient (Wildman–Crippen LogP) is 1.59. The highest BCUT2D eigenvalue weighted by molar-refractivity contribution is 5.96. The van der Waals surface area contributed by atoms with Crippen molar-refractivity contribution < 1.29 is 9.53 Å². The molecular formula is C20H23N3O3. The average Bonchev–Trinajstić information content (AvgIpc) is 2.67. The van der Waals surface area contributed by atoms with Gasteiger partial charge in [0.25, 0.3) is 11.5 Å². The largest absolute Gasteiger partial charge is 0.496 e. The number of nitrogens with one attached hydrogen (secondary N) is 2. The molecule has 2 bridgehead atoms. The Morgan fingerprint density at radius 2 is 2.12 bits per heavy atom. The topological polar surface area (TPSA) is 72.4 Å². The van der Waals surface area contributed by atoms with E-state index < -0.39 is 0 Å². The zero-order valence-electron chi connectivity index (χ0n) is 15.0. The predicted molar refractivity (Wildman–Crippen MR) is 99.8 cm³/mol. The molecule has 1 amide bonds. The maximum atomic E-state index is 12.8. The van der Waals surface area contributed by atoms with Crippen LogP contribution in [0.3, 0.4) is 0 Å². The molecule has 2 aliphatic rings. The van der Waals surface area contributed by atoms with E-state index in [1.54, 1.807) is 38.4 Å². The van der Waals surface area contributed by atoms with Crippen LogP contribution in [-0.2, 0) is 6.54 Å². The molecule has 6 nitrogen and oxygen atoms in total. The Kier molecular flexibility index (Phi) is 4.28. The third-order valence-corrected chi connectivity index (χ3v) is 5.46. The number of piperidine rings is 1. The number of benzene rings is 1. The van der Waals surface area contributed by atoms with Gasteiger partial charge in [-0.3, -0.25) is 9.59 Å². The number of carbonyl (C=O) groups excluding carboxylic acids is 1. The first-order valence-electron chi connectivity index (χ1n) is 8.96. The lowest BCUT2D eigenvalue weighted by Crippen LogP contribution is -2.44. The van der Waals surface area contributed by atoms with Gasteiger partial charge < -0.3 is 19.9 Å². The Hall–Kier alpha value is -2.60. The van der Waals surface area contributed by atoms with E-state index in [4.69, 9.17) is 4.74 Å². The van der Waals surface area contributed by atoms with Gasteiger partial charge in [0.05, 0.1) is 7.11 Å². The Morgan fingerprint density at radius 3 is 2.88 bits per heavy atom. The maximum Gasteiger partial charge on any atom is 0.251 e. The maximum absolute atomic E-state index is 12.8. The summed E-state index contributed by atoms with van der Waals surface area (Å²) in [6.07, 6.45) is 1.12. The van der Waals surface area contributed by atoms with E-state index in [0.29, 0.717) is 23.1 Å². The highest BCUT2D eigenvalue weighted by Gasteiger charge is 2.31. The van der Waals surface area contributed by atoms with Crippen LogP contribution in [0.4, 0.5) is 0 Å². The van der Waals surface area contributed by atoms with Crippen LogP contribution in [0.25, 0.3) is 11.1 Å². The normalized spacial score (nSPS) is 21.0. The number of ether oxygens (including phenoxy) is 1. The van der Waals surface area contributed by atoms with Crippen molar-refractivity contribution in [3.63, 3.8) is 0 Å². The van der Waals surface area contributed by atoms with Crippen LogP contribution in [0.2, 0.25) is 0 Å². The van der Waals surface area contributed by atoms with E-state index in [9.17, 15) is 9.59 Å². The molecule has 0 radical (unpaired) electrons. The Labute approximate surface area is 152 Å². The first-order valence-corrected chi connectivity index (χ1v) is 8.96. The van der Waals surface area contributed by atoms with E-state index in [-0.39, 0.29) is 11.5 Å². The van der Waals surface area contributed by atoms with Gasteiger partial charge in [-0.25, -0.2) is 0 Å². The fourth-order valence-electron chi connectivity index (χ4n) is 4.18. The number of fused-ring (bicyclic) bond motifs is 4. The molecule has 1 aromatic heterocycles. The molecule has 2 aromatic rings. The molecule has 1 saturated heterocycles. The lowest BCUT2D eigenvalue weighted by atomic mass is 9.83. The number of pyridine rings is 1. The zero-order chi connectivity index (χ0) is 18.3. The van der Waals surface area contributed by atoms with Crippen LogP contribution in [0.5, 0.6) is 5.75 Å². The minimum atomic E-state index is -0.164. The van der Waals surface area contributed by atoms with Crippen LogP contribution in [0, 0.1) is 5.92 Å². The standard InChI is InChI=1S/C20H23N3O3/c1-21-20(25)13-3-4-18(26-2)16(6-13)14-7-17-15-5-12(9-22-10-15)11-23(17)19(24)8-14/h3-4,6-8,12,15,22H,5,9-11H2,1-2H3,(H,21,25)/t12-,15+/m0/s1. The fraction of sp³-hybridized carbons (Fsp3) is 0.400. The fourth-order valence-corrected chi connectivity index (χ4v) is 4.18. The summed E-state index contributed by atoms with van der Waals surface area (Å²) in [6.45, 7) is 2.65. The molecule has 26 heavy (non-hydrogen) atoms. The van der Waals surface area contributed by atoms with Gasteiger partial charge in [-0.05, 0) is 48.7 Å². The Bertz CT molecular complexity index is 919. The van der Waals surface area contributed by atoms with Crippen molar-refractivity contribution in [3.05, 3.63) is 51.9 Å². The second-order valence-corrected chi connectivity index (χ2v) is 7.07. The van der Waals surface area contributed by atoms with Crippen molar-refractivity contribution in [2.24, 2.45) is 5.92 Å². The molecule has 136 valence electrons. The molecule has 1 fully saturated rings. The highest BCUT2D eigenvalue weighted by atomic mass is 16.5. The van der Waals surface area contributed by atoms with Crippen molar-refractivity contribution >= 4 is 5.91 Å². The third kappa shape index (κ3) is 2.80. The SMILES string of the molecule is CNC(=O)c1ccc(OC)c(-c2cc3n(c(=O)c2)C[C@@H]2CNC[C@H]3C2)c1. The Morgan fingerprint density at radius 1 is 1.27 bits per heavy atom. The second-order valence-electron chi connectivity index (χ2n) is 7.07. The number of amides is 1. The first kappa shape index (κ1) is 16.8. The first-order chi connectivity index (χ1) is 12.6. The van der Waals surface area contributed by atoms with Gasteiger partial charge in [0.1, 0.15) is 5.75 Å². The summed E-state index contributed by atoms with van der Waals surface area (Å²) < 4.78 is 7.40. The van der Waals surface area contributed by atoms with Crippen molar-refractivity contribution in [1.29, 1.82) is 0 Å². The molecule has 4 rings (SSSR count). The minimum absolute atomic E-state index is 0.0153. The number of carbonyl (C=O) groups is 1. The van der Waals surface area contributed by atoms with Gasteiger partial charge in [0.2, 0.25) is 0 Å². The van der Waals surface area contributed by atoms with E-state index in [2.05, 4.69) is 16.7 Å². The molecule has 0 unspecified atom stereocenters. The monoisotopic (exact) mass is 353 g/mol. The summed E-state index contributed by atoms with van der Waals surface area (Å²) in [5.41, 5.74) is 3.19. The number of methoxy groups -OCH3 is 1. The van der Waals surface area contributed by atoms with Gasteiger partial charge >= 0.3 is 0 Å². The summed E-state index contributed by atoms with van der Waals surface area (Å²) in [6, 6.07) is 9.02. The van der Waals surface area contributed by atoms with Crippen molar-refractivity contribution in [2.45, 2.75) is 18.9 Å². The number of nitrogens with zero attached hydrogens (tertiary/aromatic N) is 1. The second kappa shape index (κ2) is 6.61. The molecule has 2 aliphatic heterocycles. The average molecular weight is 353 g/mol. The van der Waals surface area contributed by atoms with Crippen LogP contribution >= 0.6 is 0 Å². The third-order valence-electron chi connectivity index (χ3n) is 5.46. The van der Waals surface area contributed by atoms with Gasteiger partial charge in [0.15, 0.2) is 0 Å². The van der Waals surface area contributed by atoms with Crippen molar-refractivity contribution in [3.8, 4) is 16.9 Å². The molecule has 2 atom stereocenters. The number of rotatable bonds is 3. The summed E-state index contributed by atoms with van der Waals surface area (Å²) in [5, 5.41) is 6.10. The summed E-state index contributed by atoms with van der Waals surface area (Å²) in [4.78, 5) is 24.8.